The maximum Gasteiger partial charge on any atom is 0.244 e. The fourth-order valence-corrected chi connectivity index (χ4v) is 1.70. The molecule has 1 aromatic rings. The summed E-state index contributed by atoms with van der Waals surface area (Å²) in [5, 5.41) is 8.68. The molecular weight excluding hydrogens is 242 g/mol. The summed E-state index contributed by atoms with van der Waals surface area (Å²) in [5.74, 6) is -0.182. The molecule has 0 aromatic heterocycles. The average Bonchev–Trinajstić information content (AvgIpc) is 2.46. The number of hydrogen-bond acceptors (Lipinski definition) is 4. The van der Waals surface area contributed by atoms with E-state index in [1.54, 1.807) is 12.0 Å². The number of nitrogens with two attached hydrogens (primary N) is 1. The summed E-state index contributed by atoms with van der Waals surface area (Å²) < 4.78 is 4.93. The van der Waals surface area contributed by atoms with E-state index < -0.39 is 6.04 Å². The number of carbonyl (C=O) groups excluding carboxylic acids is 1. The molecule has 0 radical (unpaired) electrons. The first-order valence-electron chi connectivity index (χ1n) is 6.18. The number of anilines is 1. The Balaban J connectivity index is 2.79. The van der Waals surface area contributed by atoms with E-state index in [0.29, 0.717) is 19.6 Å². The van der Waals surface area contributed by atoms with Crippen molar-refractivity contribution in [3.05, 3.63) is 30.3 Å². The number of ether oxygens (including phenoxy) is 1. The Bertz CT molecular complexity index is 428. The lowest BCUT2D eigenvalue weighted by molar-refractivity contribution is -0.120. The molecule has 0 fully saturated rings. The minimum absolute atomic E-state index is 0.182. The molecule has 1 amide bonds. The van der Waals surface area contributed by atoms with Gasteiger partial charge in [0, 0.05) is 25.9 Å². The molecule has 0 saturated carbocycles. The highest BCUT2D eigenvalue weighted by atomic mass is 16.5. The monoisotopic (exact) mass is 261 g/mol. The van der Waals surface area contributed by atoms with Crippen molar-refractivity contribution in [2.75, 3.05) is 25.2 Å². The third-order valence-corrected chi connectivity index (χ3v) is 2.73. The Kier molecular flexibility index (Phi) is 6.58. The van der Waals surface area contributed by atoms with Gasteiger partial charge in [0.05, 0.1) is 18.5 Å². The highest BCUT2D eigenvalue weighted by Crippen LogP contribution is 2.15. The van der Waals surface area contributed by atoms with E-state index in [1.807, 2.05) is 36.4 Å². The van der Waals surface area contributed by atoms with Crippen LogP contribution in [-0.4, -0.2) is 32.2 Å². The van der Waals surface area contributed by atoms with Gasteiger partial charge in [0.2, 0.25) is 5.91 Å². The van der Waals surface area contributed by atoms with Crippen molar-refractivity contribution in [3.63, 3.8) is 0 Å². The second-order valence-corrected chi connectivity index (χ2v) is 4.12. The zero-order valence-electron chi connectivity index (χ0n) is 11.1. The van der Waals surface area contributed by atoms with E-state index in [2.05, 4.69) is 0 Å². The molecular formula is C14H19N3O2. The summed E-state index contributed by atoms with van der Waals surface area (Å²) >= 11 is 0. The fourth-order valence-electron chi connectivity index (χ4n) is 1.70. The van der Waals surface area contributed by atoms with Gasteiger partial charge >= 0.3 is 0 Å². The number of para-hydroxylation sites is 1. The number of hydrogen-bond donors (Lipinski definition) is 1. The molecule has 2 N–H and O–H groups in total. The molecule has 0 aliphatic carbocycles. The number of amides is 1. The van der Waals surface area contributed by atoms with Gasteiger partial charge in [0.25, 0.3) is 0 Å². The second kappa shape index (κ2) is 8.25. The van der Waals surface area contributed by atoms with Gasteiger partial charge in [0.15, 0.2) is 0 Å². The molecule has 0 saturated heterocycles. The van der Waals surface area contributed by atoms with Crippen LogP contribution in [0, 0.1) is 11.3 Å². The van der Waals surface area contributed by atoms with Crippen LogP contribution in [0.3, 0.4) is 0 Å². The van der Waals surface area contributed by atoms with Crippen LogP contribution in [0.5, 0.6) is 0 Å². The topological polar surface area (TPSA) is 79.3 Å². The summed E-state index contributed by atoms with van der Waals surface area (Å²) in [6.07, 6.45) is 0.739. The molecule has 1 aromatic carbocycles. The summed E-state index contributed by atoms with van der Waals surface area (Å²) in [4.78, 5) is 13.9. The second-order valence-electron chi connectivity index (χ2n) is 4.12. The summed E-state index contributed by atoms with van der Waals surface area (Å²) in [5.41, 5.74) is 6.62. The predicted octanol–water partition coefficient (Wildman–Crippen LogP) is 1.30. The van der Waals surface area contributed by atoms with Crippen LogP contribution >= 0.6 is 0 Å². The van der Waals surface area contributed by atoms with E-state index in [9.17, 15) is 4.79 Å². The SMILES string of the molecule is COCCC(N)C(=O)N(CCC#N)c1ccccc1. The Labute approximate surface area is 113 Å². The Hall–Kier alpha value is -1.90. The first-order valence-corrected chi connectivity index (χ1v) is 6.18. The normalized spacial score (nSPS) is 11.6. The number of nitriles is 1. The molecule has 0 spiro atoms. The van der Waals surface area contributed by atoms with Crippen LogP contribution < -0.4 is 10.6 Å². The van der Waals surface area contributed by atoms with Crippen LogP contribution in [-0.2, 0) is 9.53 Å². The Morgan fingerprint density at radius 3 is 2.74 bits per heavy atom. The number of methoxy groups -OCH3 is 1. The molecule has 0 aliphatic heterocycles. The summed E-state index contributed by atoms with van der Waals surface area (Å²) in [7, 11) is 1.57. The smallest absolute Gasteiger partial charge is 0.244 e. The van der Waals surface area contributed by atoms with Crippen molar-refractivity contribution >= 4 is 11.6 Å². The van der Waals surface area contributed by atoms with E-state index >= 15 is 0 Å². The number of nitrogens with zero attached hydrogens (tertiary/aromatic N) is 2. The number of rotatable bonds is 7. The van der Waals surface area contributed by atoms with E-state index in [4.69, 9.17) is 15.7 Å². The third-order valence-electron chi connectivity index (χ3n) is 2.73. The highest BCUT2D eigenvalue weighted by Gasteiger charge is 2.21. The molecule has 1 rings (SSSR count). The van der Waals surface area contributed by atoms with Gasteiger partial charge in [-0.2, -0.15) is 5.26 Å². The standard InChI is InChI=1S/C14H19N3O2/c1-19-11-8-13(16)14(18)17(10-5-9-15)12-6-3-2-4-7-12/h2-4,6-7,13H,5,8,10-11,16H2,1H3. The zero-order chi connectivity index (χ0) is 14.1. The van der Waals surface area contributed by atoms with Gasteiger partial charge in [0.1, 0.15) is 0 Å². The Morgan fingerprint density at radius 2 is 2.16 bits per heavy atom. The minimum atomic E-state index is -0.612. The third kappa shape index (κ3) is 4.70. The lowest BCUT2D eigenvalue weighted by atomic mass is 10.1. The molecule has 19 heavy (non-hydrogen) atoms. The molecule has 0 heterocycles. The van der Waals surface area contributed by atoms with Gasteiger partial charge in [-0.05, 0) is 18.6 Å². The molecule has 1 unspecified atom stereocenters. The van der Waals surface area contributed by atoms with Gasteiger partial charge in [-0.25, -0.2) is 0 Å². The highest BCUT2D eigenvalue weighted by molar-refractivity contribution is 5.97. The van der Waals surface area contributed by atoms with Crippen LogP contribution in [0.15, 0.2) is 30.3 Å². The van der Waals surface area contributed by atoms with Crippen LogP contribution in [0.25, 0.3) is 0 Å². The van der Waals surface area contributed by atoms with Crippen molar-refractivity contribution in [1.29, 1.82) is 5.26 Å². The first kappa shape index (κ1) is 15.2. The van der Waals surface area contributed by atoms with Crippen molar-refractivity contribution in [3.8, 4) is 6.07 Å². The lowest BCUT2D eigenvalue weighted by Crippen LogP contribution is -2.45. The molecule has 0 bridgehead atoms. The van der Waals surface area contributed by atoms with Crippen LogP contribution in [0.2, 0.25) is 0 Å². The van der Waals surface area contributed by atoms with Crippen molar-refractivity contribution in [2.24, 2.45) is 5.73 Å². The van der Waals surface area contributed by atoms with E-state index in [0.717, 1.165) is 5.69 Å². The van der Waals surface area contributed by atoms with E-state index in [-0.39, 0.29) is 12.3 Å². The fraction of sp³-hybridized carbons (Fsp3) is 0.429. The molecule has 5 nitrogen and oxygen atoms in total. The summed E-state index contributed by atoms with van der Waals surface area (Å²) in [6, 6.07) is 10.7. The van der Waals surface area contributed by atoms with Gasteiger partial charge < -0.3 is 15.4 Å². The van der Waals surface area contributed by atoms with Gasteiger partial charge in [-0.1, -0.05) is 18.2 Å². The van der Waals surface area contributed by atoms with Gasteiger partial charge in [-0.3, -0.25) is 4.79 Å². The quantitative estimate of drug-likeness (QED) is 0.802. The maximum absolute atomic E-state index is 12.3. The van der Waals surface area contributed by atoms with Crippen molar-refractivity contribution in [2.45, 2.75) is 18.9 Å². The molecule has 102 valence electrons. The lowest BCUT2D eigenvalue weighted by Gasteiger charge is -2.25. The van der Waals surface area contributed by atoms with Crippen LogP contribution in [0.4, 0.5) is 5.69 Å². The minimum Gasteiger partial charge on any atom is -0.385 e. The number of carbonyl (C=O) groups is 1. The van der Waals surface area contributed by atoms with E-state index in [1.165, 1.54) is 0 Å². The molecule has 1 atom stereocenters. The Morgan fingerprint density at radius 1 is 1.47 bits per heavy atom. The van der Waals surface area contributed by atoms with Crippen LogP contribution in [0.1, 0.15) is 12.8 Å². The molecule has 5 heteroatoms. The number of benzene rings is 1. The first-order chi connectivity index (χ1) is 9.20. The predicted molar refractivity (Wildman–Crippen MR) is 73.5 cm³/mol. The van der Waals surface area contributed by atoms with Crippen molar-refractivity contribution < 1.29 is 9.53 Å². The average molecular weight is 261 g/mol. The van der Waals surface area contributed by atoms with Crippen molar-refractivity contribution in [1.82, 2.24) is 0 Å². The van der Waals surface area contributed by atoms with Gasteiger partial charge in [-0.15, -0.1) is 0 Å². The zero-order valence-corrected chi connectivity index (χ0v) is 11.1. The summed E-state index contributed by atoms with van der Waals surface area (Å²) in [6.45, 7) is 0.786. The largest absolute Gasteiger partial charge is 0.385 e. The maximum atomic E-state index is 12.3. The molecule has 0 aliphatic rings.